The number of hydrogen-bond acceptors (Lipinski definition) is 4. The van der Waals surface area contributed by atoms with Crippen LogP contribution in [0.2, 0.25) is 5.02 Å². The lowest BCUT2D eigenvalue weighted by atomic mass is 10.2. The molecule has 25 heavy (non-hydrogen) atoms. The first-order valence-corrected chi connectivity index (χ1v) is 9.04. The smallest absolute Gasteiger partial charge is 0.156 e. The van der Waals surface area contributed by atoms with Crippen molar-refractivity contribution in [3.05, 3.63) is 64.8 Å². The second-order valence-electron chi connectivity index (χ2n) is 5.65. The zero-order chi connectivity index (χ0) is 17.4. The molecule has 0 saturated heterocycles. The minimum atomic E-state index is 0.656. The number of fused-ring (bicyclic) bond motifs is 1. The molecule has 4 aromatic rings. The summed E-state index contributed by atoms with van der Waals surface area (Å²) in [6, 6.07) is 13.8. The number of methoxy groups -OCH3 is 1. The Labute approximate surface area is 154 Å². The minimum Gasteiger partial charge on any atom is -0.497 e. The van der Waals surface area contributed by atoms with Gasteiger partial charge in [0.1, 0.15) is 5.75 Å². The average Bonchev–Trinajstić information content (AvgIpc) is 3.20. The SMILES string of the molecule is COc1ccc(Nc2cc(-c3c(C)nc4c(Cl)cccn34)cs2)cc1. The lowest BCUT2D eigenvalue weighted by Crippen LogP contribution is -1.89. The summed E-state index contributed by atoms with van der Waals surface area (Å²) < 4.78 is 7.23. The van der Waals surface area contributed by atoms with Crippen molar-refractivity contribution in [2.75, 3.05) is 12.4 Å². The number of anilines is 2. The monoisotopic (exact) mass is 369 g/mol. The number of nitrogens with zero attached hydrogens (tertiary/aromatic N) is 2. The first kappa shape index (κ1) is 16.0. The molecule has 0 amide bonds. The van der Waals surface area contributed by atoms with Crippen LogP contribution in [0.4, 0.5) is 10.7 Å². The second kappa shape index (κ2) is 6.43. The van der Waals surface area contributed by atoms with Gasteiger partial charge in [-0.2, -0.15) is 0 Å². The minimum absolute atomic E-state index is 0.656. The Morgan fingerprint density at radius 1 is 1.20 bits per heavy atom. The van der Waals surface area contributed by atoms with Gasteiger partial charge in [-0.05, 0) is 49.4 Å². The van der Waals surface area contributed by atoms with E-state index in [0.29, 0.717) is 5.02 Å². The molecule has 0 unspecified atom stereocenters. The molecule has 0 bridgehead atoms. The van der Waals surface area contributed by atoms with E-state index < -0.39 is 0 Å². The van der Waals surface area contributed by atoms with Crippen molar-refractivity contribution in [3.63, 3.8) is 0 Å². The molecule has 4 nitrogen and oxygen atoms in total. The number of benzene rings is 1. The highest BCUT2D eigenvalue weighted by Gasteiger charge is 2.14. The second-order valence-corrected chi connectivity index (χ2v) is 6.97. The zero-order valence-corrected chi connectivity index (χ0v) is 15.4. The summed E-state index contributed by atoms with van der Waals surface area (Å²) in [5.41, 5.74) is 4.95. The molecule has 6 heteroatoms. The van der Waals surface area contributed by atoms with Crippen LogP contribution in [0.25, 0.3) is 16.9 Å². The van der Waals surface area contributed by atoms with Crippen LogP contribution in [0.15, 0.2) is 54.0 Å². The Balaban J connectivity index is 1.67. The van der Waals surface area contributed by atoms with Crippen molar-refractivity contribution in [2.45, 2.75) is 6.92 Å². The molecule has 0 atom stereocenters. The molecule has 0 aliphatic rings. The van der Waals surface area contributed by atoms with E-state index in [4.69, 9.17) is 16.3 Å². The van der Waals surface area contributed by atoms with Crippen molar-refractivity contribution >= 4 is 39.3 Å². The molecule has 1 N–H and O–H groups in total. The Kier molecular flexibility index (Phi) is 4.11. The molecular weight excluding hydrogens is 354 g/mol. The van der Waals surface area contributed by atoms with E-state index in [2.05, 4.69) is 21.7 Å². The average molecular weight is 370 g/mol. The molecule has 3 aromatic heterocycles. The molecule has 0 spiro atoms. The predicted molar refractivity (Wildman–Crippen MR) is 105 cm³/mol. The summed E-state index contributed by atoms with van der Waals surface area (Å²) in [4.78, 5) is 4.60. The van der Waals surface area contributed by atoms with Crippen LogP contribution in [0.1, 0.15) is 5.69 Å². The Morgan fingerprint density at radius 3 is 2.76 bits per heavy atom. The summed E-state index contributed by atoms with van der Waals surface area (Å²) in [5, 5.41) is 7.27. The fraction of sp³-hybridized carbons (Fsp3) is 0.105. The molecule has 126 valence electrons. The quantitative estimate of drug-likeness (QED) is 0.495. The number of nitrogens with one attached hydrogen (secondary N) is 1. The van der Waals surface area contributed by atoms with Gasteiger partial charge in [0.25, 0.3) is 0 Å². The van der Waals surface area contributed by atoms with Crippen molar-refractivity contribution in [3.8, 4) is 17.0 Å². The number of imidazole rings is 1. The maximum Gasteiger partial charge on any atom is 0.156 e. The number of aromatic nitrogens is 2. The van der Waals surface area contributed by atoms with Crippen LogP contribution in [-0.4, -0.2) is 16.5 Å². The highest BCUT2D eigenvalue weighted by atomic mass is 35.5. The largest absolute Gasteiger partial charge is 0.497 e. The van der Waals surface area contributed by atoms with Gasteiger partial charge in [-0.15, -0.1) is 11.3 Å². The van der Waals surface area contributed by atoms with E-state index in [0.717, 1.165) is 39.0 Å². The van der Waals surface area contributed by atoms with Crippen molar-refractivity contribution in [2.24, 2.45) is 0 Å². The normalized spacial score (nSPS) is 11.0. The summed E-state index contributed by atoms with van der Waals surface area (Å²) in [7, 11) is 1.67. The molecule has 4 rings (SSSR count). The molecule has 1 aromatic carbocycles. The lowest BCUT2D eigenvalue weighted by Gasteiger charge is -2.05. The van der Waals surface area contributed by atoms with Gasteiger partial charge in [-0.3, -0.25) is 4.40 Å². The van der Waals surface area contributed by atoms with E-state index in [1.165, 1.54) is 0 Å². The van der Waals surface area contributed by atoms with E-state index in [-0.39, 0.29) is 0 Å². The van der Waals surface area contributed by atoms with Crippen LogP contribution in [0.3, 0.4) is 0 Å². The third-order valence-electron chi connectivity index (χ3n) is 4.01. The Morgan fingerprint density at radius 2 is 2.00 bits per heavy atom. The number of aryl methyl sites for hydroxylation is 1. The number of rotatable bonds is 4. The molecular formula is C19H16ClN3OS. The highest BCUT2D eigenvalue weighted by Crippen LogP contribution is 2.34. The van der Waals surface area contributed by atoms with E-state index in [1.807, 2.05) is 53.9 Å². The van der Waals surface area contributed by atoms with Crippen molar-refractivity contribution in [1.29, 1.82) is 0 Å². The number of halogens is 1. The summed E-state index contributed by atoms with van der Waals surface area (Å²) >= 11 is 7.92. The molecule has 0 fully saturated rings. The van der Waals surface area contributed by atoms with Crippen molar-refractivity contribution < 1.29 is 4.74 Å². The third kappa shape index (κ3) is 2.97. The summed E-state index contributed by atoms with van der Waals surface area (Å²) in [6.45, 7) is 2.01. The molecule has 0 radical (unpaired) electrons. The molecule has 0 aliphatic carbocycles. The number of thiophene rings is 1. The first-order valence-electron chi connectivity index (χ1n) is 7.79. The number of hydrogen-bond donors (Lipinski definition) is 1. The van der Waals surface area contributed by atoms with Gasteiger partial charge in [-0.1, -0.05) is 11.6 Å². The number of ether oxygens (including phenoxy) is 1. The fourth-order valence-corrected chi connectivity index (χ4v) is 3.85. The Hall–Kier alpha value is -2.50. The maximum atomic E-state index is 6.26. The molecule has 3 heterocycles. The topological polar surface area (TPSA) is 38.6 Å². The van der Waals surface area contributed by atoms with Crippen LogP contribution in [-0.2, 0) is 0 Å². The zero-order valence-electron chi connectivity index (χ0n) is 13.8. The molecule has 0 saturated carbocycles. The first-order chi connectivity index (χ1) is 12.2. The summed E-state index contributed by atoms with van der Waals surface area (Å²) in [5.74, 6) is 0.843. The van der Waals surface area contributed by atoms with Crippen LogP contribution >= 0.6 is 22.9 Å². The van der Waals surface area contributed by atoms with E-state index >= 15 is 0 Å². The van der Waals surface area contributed by atoms with Gasteiger partial charge in [-0.25, -0.2) is 4.98 Å². The van der Waals surface area contributed by atoms with Crippen LogP contribution in [0, 0.1) is 6.92 Å². The summed E-state index contributed by atoms with van der Waals surface area (Å²) in [6.07, 6.45) is 1.99. The molecule has 0 aliphatic heterocycles. The number of pyridine rings is 1. The third-order valence-corrected chi connectivity index (χ3v) is 5.15. The lowest BCUT2D eigenvalue weighted by molar-refractivity contribution is 0.415. The van der Waals surface area contributed by atoms with Gasteiger partial charge < -0.3 is 10.1 Å². The van der Waals surface area contributed by atoms with E-state index in [1.54, 1.807) is 18.4 Å². The van der Waals surface area contributed by atoms with Gasteiger partial charge in [0.15, 0.2) is 5.65 Å². The van der Waals surface area contributed by atoms with Crippen molar-refractivity contribution in [1.82, 2.24) is 9.38 Å². The highest BCUT2D eigenvalue weighted by molar-refractivity contribution is 7.14. The van der Waals surface area contributed by atoms with Gasteiger partial charge in [0, 0.05) is 22.8 Å². The maximum absolute atomic E-state index is 6.26. The predicted octanol–water partition coefficient (Wildman–Crippen LogP) is 5.78. The van der Waals surface area contributed by atoms with E-state index in [9.17, 15) is 0 Å². The van der Waals surface area contributed by atoms with Crippen LogP contribution < -0.4 is 10.1 Å². The fourth-order valence-electron chi connectivity index (χ4n) is 2.84. The Bertz CT molecular complexity index is 1040. The van der Waals surface area contributed by atoms with Crippen LogP contribution in [0.5, 0.6) is 5.75 Å². The van der Waals surface area contributed by atoms with Gasteiger partial charge in [0.05, 0.1) is 28.5 Å². The van der Waals surface area contributed by atoms with Gasteiger partial charge >= 0.3 is 0 Å². The standard InChI is InChI=1S/C19H16ClN3OS/c1-12-18(23-9-3-4-16(20)19(23)21-12)13-10-17(25-11-13)22-14-5-7-15(24-2)8-6-14/h3-11,22H,1-2H3. The van der Waals surface area contributed by atoms with Gasteiger partial charge in [0.2, 0.25) is 0 Å².